The molecule has 0 spiro atoms. The van der Waals surface area contributed by atoms with Crippen molar-refractivity contribution in [3.63, 3.8) is 0 Å². The van der Waals surface area contributed by atoms with Crippen LogP contribution in [-0.4, -0.2) is 43.0 Å². The molecule has 8 nitrogen and oxygen atoms in total. The first-order valence-electron chi connectivity index (χ1n) is 7.90. The minimum absolute atomic E-state index is 0.0904. The number of nitrogens with one attached hydrogen (secondary N) is 1. The molecule has 27 heavy (non-hydrogen) atoms. The number of ether oxygens (including phenoxy) is 2. The summed E-state index contributed by atoms with van der Waals surface area (Å²) >= 11 is 0.950. The Labute approximate surface area is 160 Å². The molecular formula is C17H17N3O5S2. The lowest BCUT2D eigenvalue weighted by atomic mass is 10.2. The van der Waals surface area contributed by atoms with Crippen molar-refractivity contribution in [3.05, 3.63) is 36.4 Å². The number of hydrogen-bond acceptors (Lipinski definition) is 8. The number of methoxy groups -OCH3 is 2. The fourth-order valence-electron chi connectivity index (χ4n) is 2.51. The van der Waals surface area contributed by atoms with Gasteiger partial charge in [0.15, 0.2) is 21.3 Å². The zero-order chi connectivity index (χ0) is 19.4. The predicted molar refractivity (Wildman–Crippen MR) is 102 cm³/mol. The van der Waals surface area contributed by atoms with Crippen molar-refractivity contribution >= 4 is 44.2 Å². The molecule has 0 unspecified atom stereocenters. The van der Waals surface area contributed by atoms with Crippen molar-refractivity contribution in [2.75, 3.05) is 25.3 Å². The van der Waals surface area contributed by atoms with E-state index in [0.29, 0.717) is 28.2 Å². The van der Waals surface area contributed by atoms with Crippen LogP contribution in [0, 0.1) is 0 Å². The van der Waals surface area contributed by atoms with Crippen LogP contribution < -0.4 is 14.8 Å². The van der Waals surface area contributed by atoms with Gasteiger partial charge in [0, 0.05) is 18.2 Å². The molecule has 142 valence electrons. The Bertz CT molecular complexity index is 1080. The number of sulfone groups is 1. The summed E-state index contributed by atoms with van der Waals surface area (Å²) in [4.78, 5) is 12.3. The molecule has 2 aromatic carbocycles. The van der Waals surface area contributed by atoms with Crippen LogP contribution in [0.3, 0.4) is 0 Å². The molecule has 0 aliphatic heterocycles. The van der Waals surface area contributed by atoms with Gasteiger partial charge in [-0.05, 0) is 24.3 Å². The molecule has 0 saturated carbocycles. The maximum atomic E-state index is 12.6. The molecule has 3 aromatic rings. The highest BCUT2D eigenvalue weighted by molar-refractivity contribution is 7.91. The number of nitrogens with zero attached hydrogens (tertiary/aromatic N) is 2. The van der Waals surface area contributed by atoms with Crippen LogP contribution in [0.2, 0.25) is 0 Å². The van der Waals surface area contributed by atoms with Gasteiger partial charge in [0.25, 0.3) is 0 Å². The Morgan fingerprint density at radius 2 is 1.89 bits per heavy atom. The van der Waals surface area contributed by atoms with Gasteiger partial charge >= 0.3 is 0 Å². The second-order valence-electron chi connectivity index (χ2n) is 5.57. The van der Waals surface area contributed by atoms with E-state index in [4.69, 9.17) is 9.47 Å². The fourth-order valence-corrected chi connectivity index (χ4v) is 4.52. The van der Waals surface area contributed by atoms with Crippen LogP contribution in [0.5, 0.6) is 11.5 Å². The van der Waals surface area contributed by atoms with Crippen molar-refractivity contribution in [3.8, 4) is 11.5 Å². The van der Waals surface area contributed by atoms with Crippen LogP contribution in [0.15, 0.2) is 41.3 Å². The molecule has 1 aromatic heterocycles. The molecule has 0 aliphatic rings. The van der Waals surface area contributed by atoms with Gasteiger partial charge in [0.05, 0.1) is 36.6 Å². The number of carbonyl (C=O) groups is 1. The smallest absolute Gasteiger partial charge is 0.225 e. The van der Waals surface area contributed by atoms with Gasteiger partial charge in [-0.1, -0.05) is 6.07 Å². The summed E-state index contributed by atoms with van der Waals surface area (Å²) in [7, 11) is -0.666. The predicted octanol–water partition coefficient (Wildman–Crippen LogP) is 2.51. The molecule has 1 N–H and O–H groups in total. The Balaban J connectivity index is 1.69. The highest BCUT2D eigenvalue weighted by Crippen LogP contribution is 2.30. The summed E-state index contributed by atoms with van der Waals surface area (Å²) in [6, 6.07) is 9.69. The third-order valence-electron chi connectivity index (χ3n) is 3.85. The van der Waals surface area contributed by atoms with Crippen LogP contribution >= 0.6 is 11.7 Å². The second-order valence-corrected chi connectivity index (χ2v) is 8.18. The van der Waals surface area contributed by atoms with E-state index in [0.717, 1.165) is 11.7 Å². The topological polar surface area (TPSA) is 107 Å². The zero-order valence-electron chi connectivity index (χ0n) is 14.6. The lowest BCUT2D eigenvalue weighted by molar-refractivity contribution is -0.115. The van der Waals surface area contributed by atoms with Gasteiger partial charge in [0.1, 0.15) is 11.0 Å². The summed E-state index contributed by atoms with van der Waals surface area (Å²) < 4.78 is 43.6. The lowest BCUT2D eigenvalue weighted by Crippen LogP contribution is -2.17. The minimum Gasteiger partial charge on any atom is -0.493 e. The van der Waals surface area contributed by atoms with E-state index >= 15 is 0 Å². The van der Waals surface area contributed by atoms with E-state index in [-0.39, 0.29) is 17.1 Å². The van der Waals surface area contributed by atoms with E-state index in [2.05, 4.69) is 14.1 Å². The number of carbonyl (C=O) groups excluding carboxylic acids is 1. The van der Waals surface area contributed by atoms with Gasteiger partial charge < -0.3 is 14.8 Å². The summed E-state index contributed by atoms with van der Waals surface area (Å²) in [5.41, 5.74) is 1.35. The van der Waals surface area contributed by atoms with Crippen molar-refractivity contribution in [2.24, 2.45) is 0 Å². The minimum atomic E-state index is -3.67. The maximum Gasteiger partial charge on any atom is 0.225 e. The van der Waals surface area contributed by atoms with Crippen LogP contribution in [0.25, 0.3) is 11.0 Å². The Kier molecular flexibility index (Phi) is 5.57. The molecule has 0 bridgehead atoms. The quantitative estimate of drug-likeness (QED) is 0.641. The summed E-state index contributed by atoms with van der Waals surface area (Å²) in [6.07, 6.45) is -0.190. The maximum absolute atomic E-state index is 12.6. The summed E-state index contributed by atoms with van der Waals surface area (Å²) in [6.45, 7) is 0. The Morgan fingerprint density at radius 1 is 1.11 bits per heavy atom. The first-order chi connectivity index (χ1) is 12.9. The van der Waals surface area contributed by atoms with Crippen molar-refractivity contribution in [2.45, 2.75) is 11.3 Å². The van der Waals surface area contributed by atoms with Crippen molar-refractivity contribution < 1.29 is 22.7 Å². The molecule has 0 fully saturated rings. The fraction of sp³-hybridized carbons (Fsp3) is 0.235. The molecule has 0 atom stereocenters. The van der Waals surface area contributed by atoms with Crippen LogP contribution in [0.1, 0.15) is 6.42 Å². The second kappa shape index (κ2) is 7.89. The number of hydrogen-bond donors (Lipinski definition) is 1. The number of anilines is 1. The molecular weight excluding hydrogens is 390 g/mol. The molecule has 0 saturated heterocycles. The van der Waals surface area contributed by atoms with E-state index in [1.165, 1.54) is 20.3 Å². The van der Waals surface area contributed by atoms with Gasteiger partial charge in [0.2, 0.25) is 5.91 Å². The van der Waals surface area contributed by atoms with Gasteiger partial charge in [-0.2, -0.15) is 8.75 Å². The normalized spacial score (nSPS) is 11.3. The third kappa shape index (κ3) is 4.17. The Morgan fingerprint density at radius 3 is 2.63 bits per heavy atom. The average Bonchev–Trinajstić information content (AvgIpc) is 3.15. The van der Waals surface area contributed by atoms with Crippen LogP contribution in [-0.2, 0) is 14.6 Å². The van der Waals surface area contributed by atoms with Crippen molar-refractivity contribution in [1.82, 2.24) is 8.75 Å². The molecule has 0 radical (unpaired) electrons. The number of rotatable bonds is 7. The molecule has 0 aliphatic carbocycles. The molecule has 1 heterocycles. The largest absolute Gasteiger partial charge is 0.493 e. The number of amides is 1. The molecule has 1 amide bonds. The average molecular weight is 407 g/mol. The lowest BCUT2D eigenvalue weighted by Gasteiger charge is -2.11. The zero-order valence-corrected chi connectivity index (χ0v) is 16.3. The van der Waals surface area contributed by atoms with Crippen molar-refractivity contribution in [1.29, 1.82) is 0 Å². The number of fused-ring (bicyclic) bond motifs is 1. The SMILES string of the molecule is COc1ccc(NC(=O)CCS(=O)(=O)c2cccc3nsnc23)cc1OC. The number of aromatic nitrogens is 2. The van der Waals surface area contributed by atoms with Gasteiger partial charge in [-0.15, -0.1) is 0 Å². The molecule has 3 rings (SSSR count). The highest BCUT2D eigenvalue weighted by atomic mass is 32.2. The van der Waals surface area contributed by atoms with Gasteiger partial charge in [-0.3, -0.25) is 4.79 Å². The third-order valence-corrected chi connectivity index (χ3v) is 6.13. The summed E-state index contributed by atoms with van der Waals surface area (Å²) in [5, 5.41) is 2.66. The highest BCUT2D eigenvalue weighted by Gasteiger charge is 2.21. The summed E-state index contributed by atoms with van der Waals surface area (Å²) in [5.74, 6) is 0.242. The van der Waals surface area contributed by atoms with E-state index < -0.39 is 15.7 Å². The first kappa shape index (κ1) is 19.1. The first-order valence-corrected chi connectivity index (χ1v) is 10.3. The van der Waals surface area contributed by atoms with E-state index in [9.17, 15) is 13.2 Å². The number of benzene rings is 2. The standard InChI is InChI=1S/C17H17N3O5S2/c1-24-13-7-6-11(10-14(13)25-2)18-16(21)8-9-27(22,23)15-5-3-4-12-17(15)20-26-19-12/h3-7,10H,8-9H2,1-2H3,(H,18,21). The van der Waals surface area contributed by atoms with Crippen LogP contribution in [0.4, 0.5) is 5.69 Å². The molecule has 10 heteroatoms. The van der Waals surface area contributed by atoms with E-state index in [1.54, 1.807) is 30.3 Å². The Hall–Kier alpha value is -2.72. The van der Waals surface area contributed by atoms with Gasteiger partial charge in [-0.25, -0.2) is 8.42 Å². The monoisotopic (exact) mass is 407 g/mol. The van der Waals surface area contributed by atoms with E-state index in [1.807, 2.05) is 0 Å².